The number of hydrogen-bond donors (Lipinski definition) is 1. The maximum Gasteiger partial charge on any atom is 0.275 e. The van der Waals surface area contributed by atoms with Gasteiger partial charge < -0.3 is 15.0 Å². The van der Waals surface area contributed by atoms with Crippen LogP contribution in [0.15, 0.2) is 35.1 Å². The summed E-state index contributed by atoms with van der Waals surface area (Å²) < 4.78 is 6.99. The van der Waals surface area contributed by atoms with Crippen molar-refractivity contribution in [3.8, 4) is 5.75 Å². The van der Waals surface area contributed by atoms with Crippen LogP contribution in [0.4, 0.5) is 5.13 Å². The summed E-state index contributed by atoms with van der Waals surface area (Å²) in [6.07, 6.45) is 1.87. The van der Waals surface area contributed by atoms with Crippen LogP contribution >= 0.6 is 11.3 Å². The number of rotatable bonds is 6. The zero-order valence-electron chi connectivity index (χ0n) is 18.0. The SMILES string of the molecule is Cc1cc(=O)n2nc(N3CCC[C@@H](C(=O)NCc4ccc(OC(C)C)cc4)C3)sc2n1. The minimum absolute atomic E-state index is 0.0412. The molecule has 0 bridgehead atoms. The van der Waals surface area contributed by atoms with Crippen LogP contribution in [0.25, 0.3) is 4.96 Å². The van der Waals surface area contributed by atoms with Gasteiger partial charge >= 0.3 is 0 Å². The fourth-order valence-electron chi connectivity index (χ4n) is 3.69. The smallest absolute Gasteiger partial charge is 0.275 e. The van der Waals surface area contributed by atoms with E-state index in [0.29, 0.717) is 23.7 Å². The lowest BCUT2D eigenvalue weighted by Crippen LogP contribution is -2.43. The molecule has 1 saturated heterocycles. The van der Waals surface area contributed by atoms with Crippen LogP contribution in [-0.4, -0.2) is 39.7 Å². The Bertz CT molecular complexity index is 1120. The van der Waals surface area contributed by atoms with E-state index in [9.17, 15) is 9.59 Å². The van der Waals surface area contributed by atoms with E-state index in [2.05, 4.69) is 20.3 Å². The van der Waals surface area contributed by atoms with Crippen molar-refractivity contribution in [2.75, 3.05) is 18.0 Å². The van der Waals surface area contributed by atoms with E-state index in [1.807, 2.05) is 38.1 Å². The normalized spacial score (nSPS) is 16.6. The Balaban J connectivity index is 1.37. The van der Waals surface area contributed by atoms with Gasteiger partial charge in [0.1, 0.15) is 5.75 Å². The summed E-state index contributed by atoms with van der Waals surface area (Å²) in [5.74, 6) is 0.753. The third kappa shape index (κ3) is 5.04. The van der Waals surface area contributed by atoms with Gasteiger partial charge in [-0.15, -0.1) is 5.10 Å². The van der Waals surface area contributed by atoms with Gasteiger partial charge in [0.05, 0.1) is 12.0 Å². The molecule has 1 atom stereocenters. The molecular formula is C22H27N5O3S. The zero-order chi connectivity index (χ0) is 22.0. The minimum atomic E-state index is -0.180. The minimum Gasteiger partial charge on any atom is -0.491 e. The molecule has 1 aliphatic heterocycles. The van der Waals surface area contributed by atoms with E-state index < -0.39 is 0 Å². The second-order valence-electron chi connectivity index (χ2n) is 8.13. The Hall–Kier alpha value is -2.94. The molecule has 0 saturated carbocycles. The number of piperidine rings is 1. The van der Waals surface area contributed by atoms with E-state index in [1.54, 1.807) is 6.92 Å². The molecule has 1 amide bonds. The average Bonchev–Trinajstić information content (AvgIpc) is 3.17. The van der Waals surface area contributed by atoms with Crippen LogP contribution in [0.1, 0.15) is 37.9 Å². The Morgan fingerprint density at radius 1 is 1.32 bits per heavy atom. The zero-order valence-corrected chi connectivity index (χ0v) is 18.8. The number of carbonyl (C=O) groups excluding carboxylic acids is 1. The van der Waals surface area contributed by atoms with Crippen LogP contribution in [0.3, 0.4) is 0 Å². The van der Waals surface area contributed by atoms with Crippen molar-refractivity contribution >= 4 is 27.3 Å². The van der Waals surface area contributed by atoms with Crippen molar-refractivity contribution in [1.82, 2.24) is 19.9 Å². The molecule has 0 radical (unpaired) electrons. The number of aromatic nitrogens is 3. The second kappa shape index (κ2) is 9.05. The molecule has 3 aromatic rings. The van der Waals surface area contributed by atoms with Crippen molar-refractivity contribution < 1.29 is 9.53 Å². The maximum atomic E-state index is 12.8. The van der Waals surface area contributed by atoms with Crippen molar-refractivity contribution in [3.63, 3.8) is 0 Å². The molecule has 0 aliphatic carbocycles. The van der Waals surface area contributed by atoms with E-state index >= 15 is 0 Å². The molecule has 31 heavy (non-hydrogen) atoms. The van der Waals surface area contributed by atoms with E-state index in [1.165, 1.54) is 21.9 Å². The molecule has 4 rings (SSSR count). The molecule has 0 spiro atoms. The number of nitrogens with zero attached hydrogens (tertiary/aromatic N) is 4. The first kappa shape index (κ1) is 21.3. The summed E-state index contributed by atoms with van der Waals surface area (Å²) in [6, 6.07) is 9.27. The van der Waals surface area contributed by atoms with Gasteiger partial charge in [0.25, 0.3) is 5.56 Å². The van der Waals surface area contributed by atoms with Crippen LogP contribution in [-0.2, 0) is 11.3 Å². The number of nitrogens with one attached hydrogen (secondary N) is 1. The van der Waals surface area contributed by atoms with Crippen LogP contribution in [0.2, 0.25) is 0 Å². The molecule has 1 aliphatic rings. The molecule has 0 unspecified atom stereocenters. The largest absolute Gasteiger partial charge is 0.491 e. The van der Waals surface area contributed by atoms with E-state index in [4.69, 9.17) is 4.74 Å². The van der Waals surface area contributed by atoms with Crippen LogP contribution < -0.4 is 20.5 Å². The predicted molar refractivity (Wildman–Crippen MR) is 121 cm³/mol. The standard InChI is InChI=1S/C22H27N5O3S/c1-14(2)30-18-8-6-16(7-9-18)12-23-20(29)17-5-4-10-26(13-17)22-25-27-19(28)11-15(3)24-21(27)31-22/h6-9,11,14,17H,4-5,10,12-13H2,1-3H3,(H,23,29)/t17-/m1/s1. The molecule has 9 heteroatoms. The molecule has 2 aromatic heterocycles. The third-order valence-electron chi connectivity index (χ3n) is 5.19. The van der Waals surface area contributed by atoms with Gasteiger partial charge in [-0.2, -0.15) is 4.52 Å². The van der Waals surface area contributed by atoms with Crippen LogP contribution in [0, 0.1) is 12.8 Å². The summed E-state index contributed by atoms with van der Waals surface area (Å²) in [4.78, 5) is 32.0. The predicted octanol–water partition coefficient (Wildman–Crippen LogP) is 2.78. The highest BCUT2D eigenvalue weighted by Gasteiger charge is 2.27. The summed E-state index contributed by atoms with van der Waals surface area (Å²) in [5.41, 5.74) is 1.53. The average molecular weight is 442 g/mol. The number of hydrogen-bond acceptors (Lipinski definition) is 7. The number of benzene rings is 1. The van der Waals surface area contributed by atoms with Gasteiger partial charge in [0.15, 0.2) is 0 Å². The highest BCUT2D eigenvalue weighted by atomic mass is 32.1. The van der Waals surface area contributed by atoms with Gasteiger partial charge in [-0.3, -0.25) is 9.59 Å². The van der Waals surface area contributed by atoms with Crippen molar-refractivity contribution in [3.05, 3.63) is 51.9 Å². The van der Waals surface area contributed by atoms with E-state index in [-0.39, 0.29) is 23.5 Å². The first-order valence-electron chi connectivity index (χ1n) is 10.5. The Labute approximate surface area is 184 Å². The number of fused-ring (bicyclic) bond motifs is 1. The van der Waals surface area contributed by atoms with Crippen molar-refractivity contribution in [2.45, 2.75) is 46.3 Å². The highest BCUT2D eigenvalue weighted by Crippen LogP contribution is 2.27. The highest BCUT2D eigenvalue weighted by molar-refractivity contribution is 7.20. The summed E-state index contributed by atoms with van der Waals surface area (Å²) in [6.45, 7) is 7.66. The lowest BCUT2D eigenvalue weighted by Gasteiger charge is -2.31. The number of ether oxygens (including phenoxy) is 1. The first-order valence-corrected chi connectivity index (χ1v) is 11.4. The van der Waals surface area contributed by atoms with Crippen molar-refractivity contribution in [2.24, 2.45) is 5.92 Å². The van der Waals surface area contributed by atoms with E-state index in [0.717, 1.165) is 35.8 Å². The number of anilines is 1. The molecule has 8 nitrogen and oxygen atoms in total. The van der Waals surface area contributed by atoms with Gasteiger partial charge in [-0.1, -0.05) is 23.5 Å². The van der Waals surface area contributed by atoms with Gasteiger partial charge in [-0.05, 0) is 51.3 Å². The fourth-order valence-corrected chi connectivity index (χ4v) is 4.68. The summed E-state index contributed by atoms with van der Waals surface area (Å²) in [5, 5.41) is 8.22. The van der Waals surface area contributed by atoms with Gasteiger partial charge in [0, 0.05) is 31.4 Å². The third-order valence-corrected chi connectivity index (χ3v) is 6.16. The number of aryl methyl sites for hydroxylation is 1. The van der Waals surface area contributed by atoms with Gasteiger partial charge in [-0.25, -0.2) is 4.98 Å². The lowest BCUT2D eigenvalue weighted by molar-refractivity contribution is -0.125. The molecule has 1 N–H and O–H groups in total. The number of amides is 1. The Kier molecular flexibility index (Phi) is 6.22. The number of carbonyl (C=O) groups is 1. The Morgan fingerprint density at radius 2 is 2.10 bits per heavy atom. The van der Waals surface area contributed by atoms with Gasteiger partial charge in [0.2, 0.25) is 16.0 Å². The summed E-state index contributed by atoms with van der Waals surface area (Å²) in [7, 11) is 0. The summed E-state index contributed by atoms with van der Waals surface area (Å²) >= 11 is 1.38. The quantitative estimate of drug-likeness (QED) is 0.633. The first-order chi connectivity index (χ1) is 14.9. The van der Waals surface area contributed by atoms with Crippen LogP contribution in [0.5, 0.6) is 5.75 Å². The Morgan fingerprint density at radius 3 is 2.84 bits per heavy atom. The fraction of sp³-hybridized carbons (Fsp3) is 0.455. The monoisotopic (exact) mass is 441 g/mol. The molecule has 1 fully saturated rings. The lowest BCUT2D eigenvalue weighted by atomic mass is 9.97. The van der Waals surface area contributed by atoms with Crippen molar-refractivity contribution in [1.29, 1.82) is 0 Å². The maximum absolute atomic E-state index is 12.8. The topological polar surface area (TPSA) is 88.8 Å². The molecule has 3 heterocycles. The molecule has 164 valence electrons. The second-order valence-corrected chi connectivity index (χ2v) is 9.06. The molecule has 1 aromatic carbocycles. The molecular weight excluding hydrogens is 414 g/mol.